The summed E-state index contributed by atoms with van der Waals surface area (Å²) in [7, 11) is 2.02. The zero-order chi connectivity index (χ0) is 14.7. The van der Waals surface area contributed by atoms with Crippen LogP contribution < -0.4 is 10.1 Å². The molecule has 0 bridgehead atoms. The van der Waals surface area contributed by atoms with Gasteiger partial charge in [-0.2, -0.15) is 0 Å². The van der Waals surface area contributed by atoms with Gasteiger partial charge in [0.2, 0.25) is 0 Å². The van der Waals surface area contributed by atoms with E-state index in [1.54, 1.807) is 0 Å². The number of hydrogen-bond acceptors (Lipinski definition) is 4. The van der Waals surface area contributed by atoms with Crippen LogP contribution in [0.2, 0.25) is 0 Å². The van der Waals surface area contributed by atoms with Gasteiger partial charge in [-0.25, -0.2) is 0 Å². The molecule has 3 rings (SSSR count). The van der Waals surface area contributed by atoms with E-state index < -0.39 is 0 Å². The first kappa shape index (κ1) is 14.8. The van der Waals surface area contributed by atoms with Crippen molar-refractivity contribution in [3.63, 3.8) is 0 Å². The van der Waals surface area contributed by atoms with Crippen molar-refractivity contribution >= 4 is 0 Å². The third-order valence-corrected chi connectivity index (χ3v) is 4.48. The zero-order valence-electron chi connectivity index (χ0n) is 13.1. The molecule has 0 saturated carbocycles. The molecule has 0 radical (unpaired) electrons. The predicted molar refractivity (Wildman–Crippen MR) is 83.9 cm³/mol. The van der Waals surface area contributed by atoms with E-state index in [1.807, 2.05) is 7.05 Å². The average molecular weight is 290 g/mol. The Morgan fingerprint density at radius 1 is 1.38 bits per heavy atom. The quantitative estimate of drug-likeness (QED) is 0.899. The normalized spacial score (nSPS) is 23.6. The van der Waals surface area contributed by atoms with E-state index in [0.717, 1.165) is 45.0 Å². The lowest BCUT2D eigenvalue weighted by Gasteiger charge is -2.37. The number of benzene rings is 1. The van der Waals surface area contributed by atoms with Gasteiger partial charge >= 0.3 is 0 Å². The van der Waals surface area contributed by atoms with E-state index in [1.165, 1.54) is 17.5 Å². The molecule has 21 heavy (non-hydrogen) atoms. The fourth-order valence-corrected chi connectivity index (χ4v) is 3.48. The topological polar surface area (TPSA) is 33.7 Å². The Labute approximate surface area is 127 Å². The molecule has 0 aliphatic carbocycles. The van der Waals surface area contributed by atoms with Crippen molar-refractivity contribution < 1.29 is 9.47 Å². The molecule has 0 amide bonds. The van der Waals surface area contributed by atoms with Crippen LogP contribution in [-0.2, 0) is 11.2 Å². The SMILES string of the molecule is CCCN1CCOC(C(NC)c2cccc3c2OCC3)C1. The van der Waals surface area contributed by atoms with Gasteiger partial charge in [-0.3, -0.25) is 4.90 Å². The Morgan fingerprint density at radius 2 is 2.29 bits per heavy atom. The molecule has 2 aliphatic heterocycles. The molecule has 2 heterocycles. The van der Waals surface area contributed by atoms with Gasteiger partial charge < -0.3 is 14.8 Å². The van der Waals surface area contributed by atoms with Gasteiger partial charge in [0.05, 0.1) is 25.4 Å². The lowest BCUT2D eigenvalue weighted by Crippen LogP contribution is -2.47. The Bertz CT molecular complexity index is 476. The van der Waals surface area contributed by atoms with Gasteiger partial charge in [0.25, 0.3) is 0 Å². The number of morpholine rings is 1. The second-order valence-electron chi connectivity index (χ2n) is 5.91. The van der Waals surface area contributed by atoms with E-state index in [2.05, 4.69) is 35.3 Å². The van der Waals surface area contributed by atoms with E-state index >= 15 is 0 Å². The lowest BCUT2D eigenvalue weighted by atomic mass is 9.96. The molecular formula is C17H26N2O2. The van der Waals surface area contributed by atoms with Gasteiger partial charge in [0.15, 0.2) is 0 Å². The number of likely N-dealkylation sites (N-methyl/N-ethyl adjacent to an activating group) is 1. The van der Waals surface area contributed by atoms with Crippen molar-refractivity contribution in [3.05, 3.63) is 29.3 Å². The highest BCUT2D eigenvalue weighted by atomic mass is 16.5. The van der Waals surface area contributed by atoms with Crippen molar-refractivity contribution in [3.8, 4) is 5.75 Å². The number of ether oxygens (including phenoxy) is 2. The van der Waals surface area contributed by atoms with Crippen LogP contribution in [-0.4, -0.2) is 50.9 Å². The molecule has 0 spiro atoms. The molecule has 2 aliphatic rings. The van der Waals surface area contributed by atoms with Crippen LogP contribution in [0.3, 0.4) is 0 Å². The van der Waals surface area contributed by atoms with Crippen LogP contribution >= 0.6 is 0 Å². The molecule has 2 unspecified atom stereocenters. The standard InChI is InChI=1S/C17H26N2O2/c1-3-8-19-9-11-20-15(12-19)16(18-2)14-6-4-5-13-7-10-21-17(13)14/h4-6,15-16,18H,3,7-12H2,1-2H3. The van der Waals surface area contributed by atoms with Gasteiger partial charge in [-0.15, -0.1) is 0 Å². The molecule has 1 aromatic rings. The minimum atomic E-state index is 0.186. The van der Waals surface area contributed by atoms with Gasteiger partial charge in [-0.05, 0) is 25.6 Å². The number of nitrogens with zero attached hydrogens (tertiary/aromatic N) is 1. The maximum absolute atomic E-state index is 6.06. The Hall–Kier alpha value is -1.10. The number of para-hydroxylation sites is 1. The molecule has 2 atom stereocenters. The van der Waals surface area contributed by atoms with Crippen molar-refractivity contribution in [2.45, 2.75) is 31.9 Å². The largest absolute Gasteiger partial charge is 0.493 e. The number of nitrogens with one attached hydrogen (secondary N) is 1. The molecule has 1 N–H and O–H groups in total. The summed E-state index contributed by atoms with van der Waals surface area (Å²) in [6.45, 7) is 7.04. The first-order valence-corrected chi connectivity index (χ1v) is 8.09. The van der Waals surface area contributed by atoms with Crippen molar-refractivity contribution in [1.82, 2.24) is 10.2 Å². The number of hydrogen-bond donors (Lipinski definition) is 1. The van der Waals surface area contributed by atoms with Crippen molar-refractivity contribution in [2.24, 2.45) is 0 Å². The zero-order valence-corrected chi connectivity index (χ0v) is 13.1. The minimum Gasteiger partial charge on any atom is -0.493 e. The maximum atomic E-state index is 6.06. The highest BCUT2D eigenvalue weighted by molar-refractivity contribution is 5.46. The number of fused-ring (bicyclic) bond motifs is 1. The van der Waals surface area contributed by atoms with Gasteiger partial charge in [0, 0.05) is 25.1 Å². The highest BCUT2D eigenvalue weighted by Gasteiger charge is 2.31. The Balaban J connectivity index is 1.80. The fraction of sp³-hybridized carbons (Fsp3) is 0.647. The van der Waals surface area contributed by atoms with Crippen LogP contribution in [0.15, 0.2) is 18.2 Å². The summed E-state index contributed by atoms with van der Waals surface area (Å²) in [6, 6.07) is 6.68. The second kappa shape index (κ2) is 6.77. The molecule has 0 aromatic heterocycles. The van der Waals surface area contributed by atoms with E-state index in [4.69, 9.17) is 9.47 Å². The monoisotopic (exact) mass is 290 g/mol. The average Bonchev–Trinajstić information content (AvgIpc) is 2.98. The summed E-state index contributed by atoms with van der Waals surface area (Å²) in [6.07, 6.45) is 2.40. The Morgan fingerprint density at radius 3 is 3.10 bits per heavy atom. The van der Waals surface area contributed by atoms with Crippen LogP contribution in [0.5, 0.6) is 5.75 Å². The molecular weight excluding hydrogens is 264 g/mol. The summed E-state index contributed by atoms with van der Waals surface area (Å²) in [5.74, 6) is 1.08. The van der Waals surface area contributed by atoms with Gasteiger partial charge in [0.1, 0.15) is 5.75 Å². The van der Waals surface area contributed by atoms with E-state index in [0.29, 0.717) is 0 Å². The third kappa shape index (κ3) is 3.07. The summed E-state index contributed by atoms with van der Waals surface area (Å²) < 4.78 is 11.9. The maximum Gasteiger partial charge on any atom is 0.127 e. The first-order valence-electron chi connectivity index (χ1n) is 8.09. The van der Waals surface area contributed by atoms with Gasteiger partial charge in [-0.1, -0.05) is 25.1 Å². The molecule has 116 valence electrons. The Kier molecular flexibility index (Phi) is 4.78. The first-order chi connectivity index (χ1) is 10.3. The lowest BCUT2D eigenvalue weighted by molar-refractivity contribution is -0.0462. The predicted octanol–water partition coefficient (Wildman–Crippen LogP) is 1.99. The van der Waals surface area contributed by atoms with Crippen LogP contribution in [0, 0.1) is 0 Å². The summed E-state index contributed by atoms with van der Waals surface area (Å²) in [4.78, 5) is 2.50. The fourth-order valence-electron chi connectivity index (χ4n) is 3.48. The smallest absolute Gasteiger partial charge is 0.127 e. The molecule has 4 heteroatoms. The van der Waals surface area contributed by atoms with Crippen LogP contribution in [0.1, 0.15) is 30.5 Å². The number of rotatable bonds is 5. The van der Waals surface area contributed by atoms with E-state index in [-0.39, 0.29) is 12.1 Å². The van der Waals surface area contributed by atoms with E-state index in [9.17, 15) is 0 Å². The molecule has 1 aromatic carbocycles. The highest BCUT2D eigenvalue weighted by Crippen LogP contribution is 2.35. The van der Waals surface area contributed by atoms with Crippen LogP contribution in [0.25, 0.3) is 0 Å². The third-order valence-electron chi connectivity index (χ3n) is 4.48. The minimum absolute atomic E-state index is 0.186. The summed E-state index contributed by atoms with van der Waals surface area (Å²) in [5, 5.41) is 3.45. The molecule has 1 saturated heterocycles. The summed E-state index contributed by atoms with van der Waals surface area (Å²) in [5.41, 5.74) is 2.57. The second-order valence-corrected chi connectivity index (χ2v) is 5.91. The molecule has 1 fully saturated rings. The van der Waals surface area contributed by atoms with Crippen molar-refractivity contribution in [1.29, 1.82) is 0 Å². The molecule has 4 nitrogen and oxygen atoms in total. The van der Waals surface area contributed by atoms with Crippen LogP contribution in [0.4, 0.5) is 0 Å². The summed E-state index contributed by atoms with van der Waals surface area (Å²) >= 11 is 0. The van der Waals surface area contributed by atoms with Crippen molar-refractivity contribution in [2.75, 3.05) is 39.9 Å².